The SMILES string of the molecule is CCOc1cc(N2CCOCC2)c(OCC)cc1NC(=O)CSCCN. The molecule has 0 atom stereocenters. The Labute approximate surface area is 159 Å². The van der Waals surface area contributed by atoms with Crippen LogP contribution in [0, 0.1) is 0 Å². The van der Waals surface area contributed by atoms with Gasteiger partial charge in [0.15, 0.2) is 0 Å². The number of anilines is 2. The van der Waals surface area contributed by atoms with E-state index in [9.17, 15) is 4.79 Å². The summed E-state index contributed by atoms with van der Waals surface area (Å²) < 4.78 is 17.0. The maximum Gasteiger partial charge on any atom is 0.234 e. The summed E-state index contributed by atoms with van der Waals surface area (Å²) in [5.74, 6) is 2.42. The molecule has 0 bridgehead atoms. The van der Waals surface area contributed by atoms with Gasteiger partial charge in [-0.15, -0.1) is 0 Å². The highest BCUT2D eigenvalue weighted by Crippen LogP contribution is 2.39. The highest BCUT2D eigenvalue weighted by Gasteiger charge is 2.20. The lowest BCUT2D eigenvalue weighted by Gasteiger charge is -2.31. The van der Waals surface area contributed by atoms with Crippen LogP contribution in [0.25, 0.3) is 0 Å². The number of amides is 1. The topological polar surface area (TPSA) is 86.0 Å². The Morgan fingerprint density at radius 1 is 1.23 bits per heavy atom. The molecule has 0 radical (unpaired) electrons. The van der Waals surface area contributed by atoms with E-state index in [0.29, 0.717) is 50.2 Å². The molecule has 1 aromatic carbocycles. The average molecular weight is 384 g/mol. The van der Waals surface area contributed by atoms with E-state index >= 15 is 0 Å². The summed E-state index contributed by atoms with van der Waals surface area (Å²) in [6, 6.07) is 3.80. The van der Waals surface area contributed by atoms with E-state index in [1.54, 1.807) is 0 Å². The summed E-state index contributed by atoms with van der Waals surface area (Å²) in [7, 11) is 0. The van der Waals surface area contributed by atoms with Gasteiger partial charge in [-0.2, -0.15) is 11.8 Å². The summed E-state index contributed by atoms with van der Waals surface area (Å²) in [6.07, 6.45) is 0. The Hall–Kier alpha value is -1.64. The van der Waals surface area contributed by atoms with Crippen molar-refractivity contribution in [3.63, 3.8) is 0 Å². The Morgan fingerprint density at radius 3 is 2.58 bits per heavy atom. The van der Waals surface area contributed by atoms with Gasteiger partial charge in [0.05, 0.1) is 43.6 Å². The second kappa shape index (κ2) is 11.2. The standard InChI is InChI=1S/C18H29N3O4S/c1-3-24-16-12-15(21-6-8-23-9-7-21)17(25-4-2)11-14(16)20-18(22)13-26-10-5-19/h11-12H,3-10,13,19H2,1-2H3,(H,20,22). The number of carbonyl (C=O) groups is 1. The molecule has 0 aliphatic carbocycles. The molecule has 0 aromatic heterocycles. The summed E-state index contributed by atoms with van der Waals surface area (Å²) in [6.45, 7) is 8.46. The molecule has 146 valence electrons. The van der Waals surface area contributed by atoms with Crippen LogP contribution in [-0.4, -0.2) is 63.5 Å². The number of benzene rings is 1. The first-order valence-electron chi connectivity index (χ1n) is 9.03. The maximum atomic E-state index is 12.2. The van der Waals surface area contributed by atoms with Crippen molar-refractivity contribution >= 4 is 29.0 Å². The monoisotopic (exact) mass is 383 g/mol. The van der Waals surface area contributed by atoms with Crippen molar-refractivity contribution in [1.29, 1.82) is 0 Å². The van der Waals surface area contributed by atoms with E-state index in [1.807, 2.05) is 26.0 Å². The lowest BCUT2D eigenvalue weighted by molar-refractivity contribution is -0.113. The van der Waals surface area contributed by atoms with Crippen LogP contribution in [0.5, 0.6) is 11.5 Å². The first kappa shape index (κ1) is 20.7. The molecule has 1 fully saturated rings. The number of hydrogen-bond acceptors (Lipinski definition) is 7. The van der Waals surface area contributed by atoms with Crippen molar-refractivity contribution in [2.24, 2.45) is 5.73 Å². The van der Waals surface area contributed by atoms with Gasteiger partial charge in [0.25, 0.3) is 0 Å². The van der Waals surface area contributed by atoms with E-state index in [0.717, 1.165) is 30.3 Å². The van der Waals surface area contributed by atoms with Gasteiger partial charge >= 0.3 is 0 Å². The number of nitrogens with zero attached hydrogens (tertiary/aromatic N) is 1. The Kier molecular flexibility index (Phi) is 8.87. The van der Waals surface area contributed by atoms with Crippen LogP contribution < -0.4 is 25.4 Å². The van der Waals surface area contributed by atoms with Gasteiger partial charge in [-0.25, -0.2) is 0 Å². The van der Waals surface area contributed by atoms with Crippen molar-refractivity contribution in [3.05, 3.63) is 12.1 Å². The second-order valence-corrected chi connectivity index (χ2v) is 6.78. The van der Waals surface area contributed by atoms with Crippen molar-refractivity contribution in [1.82, 2.24) is 0 Å². The van der Waals surface area contributed by atoms with Gasteiger partial charge in [0, 0.05) is 37.5 Å². The van der Waals surface area contributed by atoms with Crippen LogP contribution in [0.1, 0.15) is 13.8 Å². The summed E-state index contributed by atoms with van der Waals surface area (Å²) in [5, 5.41) is 2.93. The largest absolute Gasteiger partial charge is 0.492 e. The molecule has 1 aliphatic heterocycles. The molecule has 1 saturated heterocycles. The van der Waals surface area contributed by atoms with Gasteiger partial charge in [0.2, 0.25) is 5.91 Å². The van der Waals surface area contributed by atoms with Gasteiger partial charge in [0.1, 0.15) is 11.5 Å². The zero-order valence-corrected chi connectivity index (χ0v) is 16.4. The zero-order chi connectivity index (χ0) is 18.8. The average Bonchev–Trinajstić information content (AvgIpc) is 2.65. The molecule has 2 rings (SSSR count). The van der Waals surface area contributed by atoms with Gasteiger partial charge in [-0.3, -0.25) is 4.79 Å². The van der Waals surface area contributed by atoms with Gasteiger partial charge < -0.3 is 30.2 Å². The number of ether oxygens (including phenoxy) is 3. The molecule has 1 amide bonds. The van der Waals surface area contributed by atoms with Crippen molar-refractivity contribution in [2.45, 2.75) is 13.8 Å². The number of rotatable bonds is 10. The molecule has 1 aliphatic rings. The number of nitrogens with two attached hydrogens (primary N) is 1. The van der Waals surface area contributed by atoms with E-state index in [2.05, 4.69) is 10.2 Å². The minimum Gasteiger partial charge on any atom is -0.492 e. The number of carbonyl (C=O) groups excluding carboxylic acids is 1. The second-order valence-electron chi connectivity index (χ2n) is 5.67. The fourth-order valence-electron chi connectivity index (χ4n) is 2.68. The highest BCUT2D eigenvalue weighted by atomic mass is 32.2. The molecular weight excluding hydrogens is 354 g/mol. The number of hydrogen-bond donors (Lipinski definition) is 2. The lowest BCUT2D eigenvalue weighted by Crippen LogP contribution is -2.36. The first-order valence-corrected chi connectivity index (χ1v) is 10.2. The van der Waals surface area contributed by atoms with Gasteiger partial charge in [-0.1, -0.05) is 0 Å². The molecular formula is C18H29N3O4S. The fourth-order valence-corrected chi connectivity index (χ4v) is 3.25. The highest BCUT2D eigenvalue weighted by molar-refractivity contribution is 7.99. The molecule has 1 aromatic rings. The molecule has 0 saturated carbocycles. The van der Waals surface area contributed by atoms with E-state index in [1.165, 1.54) is 11.8 Å². The predicted molar refractivity (Wildman–Crippen MR) is 107 cm³/mol. The summed E-state index contributed by atoms with van der Waals surface area (Å²) in [5.41, 5.74) is 7.07. The molecule has 1 heterocycles. The smallest absolute Gasteiger partial charge is 0.234 e. The van der Waals surface area contributed by atoms with Crippen LogP contribution in [0.2, 0.25) is 0 Å². The van der Waals surface area contributed by atoms with Crippen LogP contribution >= 0.6 is 11.8 Å². The molecule has 0 unspecified atom stereocenters. The number of nitrogens with one attached hydrogen (secondary N) is 1. The number of morpholine rings is 1. The van der Waals surface area contributed by atoms with Crippen LogP contribution in [0.4, 0.5) is 11.4 Å². The maximum absolute atomic E-state index is 12.2. The molecule has 7 nitrogen and oxygen atoms in total. The third-order valence-corrected chi connectivity index (χ3v) is 4.77. The molecule has 26 heavy (non-hydrogen) atoms. The van der Waals surface area contributed by atoms with Crippen molar-refractivity contribution in [2.75, 3.05) is 67.8 Å². The third kappa shape index (κ3) is 5.96. The number of thioether (sulfide) groups is 1. The lowest BCUT2D eigenvalue weighted by atomic mass is 10.2. The Balaban J connectivity index is 2.24. The fraction of sp³-hybridized carbons (Fsp3) is 0.611. The molecule has 8 heteroatoms. The Morgan fingerprint density at radius 2 is 1.92 bits per heavy atom. The van der Waals surface area contributed by atoms with Crippen molar-refractivity contribution in [3.8, 4) is 11.5 Å². The van der Waals surface area contributed by atoms with Gasteiger partial charge in [-0.05, 0) is 13.8 Å². The summed E-state index contributed by atoms with van der Waals surface area (Å²) in [4.78, 5) is 14.4. The Bertz CT molecular complexity index is 580. The molecule has 0 spiro atoms. The summed E-state index contributed by atoms with van der Waals surface area (Å²) >= 11 is 1.51. The molecule has 3 N–H and O–H groups in total. The predicted octanol–water partition coefficient (Wildman–Crippen LogP) is 1.95. The first-order chi connectivity index (χ1) is 12.7. The minimum absolute atomic E-state index is 0.0778. The van der Waals surface area contributed by atoms with Crippen LogP contribution in [0.15, 0.2) is 12.1 Å². The third-order valence-electron chi connectivity index (χ3n) is 3.78. The zero-order valence-electron chi connectivity index (χ0n) is 15.6. The van der Waals surface area contributed by atoms with Crippen molar-refractivity contribution < 1.29 is 19.0 Å². The van der Waals surface area contributed by atoms with Crippen LogP contribution in [-0.2, 0) is 9.53 Å². The minimum atomic E-state index is -0.0778. The van der Waals surface area contributed by atoms with E-state index in [-0.39, 0.29) is 5.91 Å². The van der Waals surface area contributed by atoms with Crippen LogP contribution in [0.3, 0.4) is 0 Å². The van der Waals surface area contributed by atoms with E-state index in [4.69, 9.17) is 19.9 Å². The quantitative estimate of drug-likeness (QED) is 0.597. The normalized spacial score (nSPS) is 14.2. The van der Waals surface area contributed by atoms with E-state index < -0.39 is 0 Å².